The molecule has 1 N–H and O–H groups in total. The number of amides is 1. The maximum atomic E-state index is 12.4. The number of hydrogen-bond donors (Lipinski definition) is 1. The number of fused-ring (bicyclic) bond motifs is 1. The van der Waals surface area contributed by atoms with E-state index in [1.807, 2.05) is 12.1 Å². The number of rotatable bonds is 4. The number of aromatic nitrogens is 1. The summed E-state index contributed by atoms with van der Waals surface area (Å²) in [5.41, 5.74) is 1.55. The summed E-state index contributed by atoms with van der Waals surface area (Å²) in [4.78, 5) is 18.7. The predicted octanol–water partition coefficient (Wildman–Crippen LogP) is 3.51. The molecular formula is C19H19Cl2N3O3. The highest BCUT2D eigenvalue weighted by molar-refractivity contribution is 6.34. The van der Waals surface area contributed by atoms with Crippen LogP contribution in [0.15, 0.2) is 30.3 Å². The van der Waals surface area contributed by atoms with Gasteiger partial charge in [0.25, 0.3) is 5.91 Å². The topological polar surface area (TPSA) is 63.7 Å². The standard InChI is InChI=1S/C19H19Cl2N3O3/c20-17-4-2-14(18(21)23-17)19(25)22-13-5-7-24(8-6-13)10-12-1-3-15-16(9-12)27-11-26-15/h1-4,9,13H,5-8,10-11H2,(H,22,25). The Balaban J connectivity index is 1.29. The van der Waals surface area contributed by atoms with Gasteiger partial charge in [0.2, 0.25) is 6.79 Å². The number of likely N-dealkylation sites (tertiary alicyclic amines) is 1. The third-order valence-corrected chi connectivity index (χ3v) is 5.32. The monoisotopic (exact) mass is 407 g/mol. The van der Waals surface area contributed by atoms with Crippen LogP contribution in [0.1, 0.15) is 28.8 Å². The van der Waals surface area contributed by atoms with E-state index in [4.69, 9.17) is 32.7 Å². The highest BCUT2D eigenvalue weighted by Gasteiger charge is 2.23. The SMILES string of the molecule is O=C(NC1CCN(Cc2ccc3c(c2)OCO3)CC1)c1ccc(Cl)nc1Cl. The van der Waals surface area contributed by atoms with Crippen molar-refractivity contribution < 1.29 is 14.3 Å². The van der Waals surface area contributed by atoms with Crippen molar-refractivity contribution >= 4 is 29.1 Å². The zero-order chi connectivity index (χ0) is 18.8. The summed E-state index contributed by atoms with van der Waals surface area (Å²) in [7, 11) is 0. The van der Waals surface area contributed by atoms with E-state index in [0.717, 1.165) is 44.0 Å². The van der Waals surface area contributed by atoms with E-state index >= 15 is 0 Å². The number of carbonyl (C=O) groups is 1. The average Bonchev–Trinajstić information content (AvgIpc) is 3.11. The Morgan fingerprint density at radius 1 is 1.15 bits per heavy atom. The van der Waals surface area contributed by atoms with E-state index in [9.17, 15) is 4.79 Å². The van der Waals surface area contributed by atoms with Gasteiger partial charge in [0.05, 0.1) is 5.56 Å². The number of pyridine rings is 1. The molecule has 0 atom stereocenters. The quantitative estimate of drug-likeness (QED) is 0.785. The second kappa shape index (κ2) is 7.92. The minimum Gasteiger partial charge on any atom is -0.454 e. The van der Waals surface area contributed by atoms with Gasteiger partial charge >= 0.3 is 0 Å². The lowest BCUT2D eigenvalue weighted by molar-refractivity contribution is 0.0908. The Bertz CT molecular complexity index is 854. The number of halogens is 2. The molecule has 1 saturated heterocycles. The summed E-state index contributed by atoms with van der Waals surface area (Å²) >= 11 is 11.8. The Labute approximate surface area is 167 Å². The number of hydrogen-bond acceptors (Lipinski definition) is 5. The van der Waals surface area contributed by atoms with Gasteiger partial charge in [-0.3, -0.25) is 9.69 Å². The number of nitrogens with one attached hydrogen (secondary N) is 1. The molecule has 2 aliphatic rings. The number of ether oxygens (including phenoxy) is 2. The minimum atomic E-state index is -0.210. The molecule has 0 aliphatic carbocycles. The van der Waals surface area contributed by atoms with Crippen LogP contribution < -0.4 is 14.8 Å². The van der Waals surface area contributed by atoms with Crippen molar-refractivity contribution in [2.45, 2.75) is 25.4 Å². The maximum Gasteiger partial charge on any atom is 0.254 e. The van der Waals surface area contributed by atoms with Gasteiger partial charge in [-0.15, -0.1) is 0 Å². The molecule has 1 aromatic carbocycles. The zero-order valence-corrected chi connectivity index (χ0v) is 16.1. The van der Waals surface area contributed by atoms with Crippen LogP contribution in [0, 0.1) is 0 Å². The van der Waals surface area contributed by atoms with Crippen LogP contribution in [0.25, 0.3) is 0 Å². The maximum absolute atomic E-state index is 12.4. The molecule has 0 bridgehead atoms. The lowest BCUT2D eigenvalue weighted by Gasteiger charge is -2.32. The second-order valence-electron chi connectivity index (χ2n) is 6.68. The summed E-state index contributed by atoms with van der Waals surface area (Å²) in [6, 6.07) is 9.34. The number of nitrogens with zero attached hydrogens (tertiary/aromatic N) is 2. The normalized spacial score (nSPS) is 17.1. The van der Waals surface area contributed by atoms with Crippen LogP contribution in [0.5, 0.6) is 11.5 Å². The second-order valence-corrected chi connectivity index (χ2v) is 7.43. The Morgan fingerprint density at radius 2 is 1.93 bits per heavy atom. The molecule has 1 aromatic heterocycles. The minimum absolute atomic E-state index is 0.122. The molecule has 142 valence electrons. The molecule has 4 rings (SSSR count). The largest absolute Gasteiger partial charge is 0.454 e. The Kier molecular flexibility index (Phi) is 5.38. The van der Waals surface area contributed by atoms with E-state index in [-0.39, 0.29) is 29.0 Å². The summed E-state index contributed by atoms with van der Waals surface area (Å²) in [5, 5.41) is 3.44. The van der Waals surface area contributed by atoms with E-state index in [1.54, 1.807) is 12.1 Å². The van der Waals surface area contributed by atoms with Crippen LogP contribution in [-0.4, -0.2) is 41.7 Å². The van der Waals surface area contributed by atoms with E-state index in [2.05, 4.69) is 21.3 Å². The molecule has 1 amide bonds. The average molecular weight is 408 g/mol. The summed E-state index contributed by atoms with van der Waals surface area (Å²) in [6.45, 7) is 2.96. The number of benzene rings is 1. The van der Waals surface area contributed by atoms with Crippen LogP contribution in [0.3, 0.4) is 0 Å². The third-order valence-electron chi connectivity index (χ3n) is 4.83. The molecule has 1 fully saturated rings. The molecule has 0 radical (unpaired) electrons. The fraction of sp³-hybridized carbons (Fsp3) is 0.368. The first kappa shape index (κ1) is 18.3. The van der Waals surface area contributed by atoms with Crippen molar-refractivity contribution in [1.29, 1.82) is 0 Å². The molecule has 0 saturated carbocycles. The Morgan fingerprint density at radius 3 is 2.70 bits per heavy atom. The molecule has 0 spiro atoms. The first-order chi connectivity index (χ1) is 13.1. The molecule has 2 aliphatic heterocycles. The molecular weight excluding hydrogens is 389 g/mol. The van der Waals surface area contributed by atoms with E-state index in [1.165, 1.54) is 5.56 Å². The van der Waals surface area contributed by atoms with Gasteiger partial charge < -0.3 is 14.8 Å². The van der Waals surface area contributed by atoms with Crippen LogP contribution in [0.4, 0.5) is 0 Å². The fourth-order valence-electron chi connectivity index (χ4n) is 3.38. The number of piperidine rings is 1. The lowest BCUT2D eigenvalue weighted by Crippen LogP contribution is -2.44. The van der Waals surface area contributed by atoms with Gasteiger partial charge in [-0.2, -0.15) is 0 Å². The van der Waals surface area contributed by atoms with Gasteiger partial charge in [-0.25, -0.2) is 4.98 Å². The van der Waals surface area contributed by atoms with Crippen molar-refractivity contribution in [2.75, 3.05) is 19.9 Å². The highest BCUT2D eigenvalue weighted by Crippen LogP contribution is 2.33. The van der Waals surface area contributed by atoms with Crippen molar-refractivity contribution in [3.63, 3.8) is 0 Å². The van der Waals surface area contributed by atoms with Gasteiger partial charge in [0, 0.05) is 25.7 Å². The van der Waals surface area contributed by atoms with Gasteiger partial charge in [-0.1, -0.05) is 29.3 Å². The van der Waals surface area contributed by atoms with Crippen LogP contribution in [0.2, 0.25) is 10.3 Å². The highest BCUT2D eigenvalue weighted by atomic mass is 35.5. The smallest absolute Gasteiger partial charge is 0.254 e. The summed E-state index contributed by atoms with van der Waals surface area (Å²) < 4.78 is 10.8. The molecule has 6 nitrogen and oxygen atoms in total. The van der Waals surface area contributed by atoms with Crippen molar-refractivity contribution in [3.05, 3.63) is 51.8 Å². The lowest BCUT2D eigenvalue weighted by atomic mass is 10.0. The molecule has 27 heavy (non-hydrogen) atoms. The molecule has 2 aromatic rings. The van der Waals surface area contributed by atoms with Gasteiger partial charge in [0.15, 0.2) is 11.5 Å². The van der Waals surface area contributed by atoms with Gasteiger partial charge in [0.1, 0.15) is 10.3 Å². The summed E-state index contributed by atoms with van der Waals surface area (Å²) in [6.07, 6.45) is 1.77. The molecule has 0 unspecified atom stereocenters. The molecule has 8 heteroatoms. The number of carbonyl (C=O) groups excluding carboxylic acids is 1. The summed E-state index contributed by atoms with van der Waals surface area (Å²) in [5.74, 6) is 1.40. The van der Waals surface area contributed by atoms with Crippen molar-refractivity contribution in [1.82, 2.24) is 15.2 Å². The predicted molar refractivity (Wildman–Crippen MR) is 103 cm³/mol. The van der Waals surface area contributed by atoms with Crippen LogP contribution in [-0.2, 0) is 6.54 Å². The van der Waals surface area contributed by atoms with Crippen molar-refractivity contribution in [3.8, 4) is 11.5 Å². The van der Waals surface area contributed by atoms with Crippen LogP contribution >= 0.6 is 23.2 Å². The van der Waals surface area contributed by atoms with E-state index in [0.29, 0.717) is 5.56 Å². The fourth-order valence-corrected chi connectivity index (χ4v) is 3.81. The van der Waals surface area contributed by atoms with Gasteiger partial charge in [-0.05, 0) is 42.7 Å². The first-order valence-electron chi connectivity index (χ1n) is 8.82. The molecule has 3 heterocycles. The first-order valence-corrected chi connectivity index (χ1v) is 9.58. The Hall–Kier alpha value is -2.02. The van der Waals surface area contributed by atoms with Crippen molar-refractivity contribution in [2.24, 2.45) is 0 Å². The third kappa shape index (κ3) is 4.29. The zero-order valence-electron chi connectivity index (χ0n) is 14.6. The van der Waals surface area contributed by atoms with E-state index < -0.39 is 0 Å².